The van der Waals surface area contributed by atoms with Crippen molar-refractivity contribution in [3.8, 4) is 0 Å². The second-order valence-electron chi connectivity index (χ2n) is 1.58. The zero-order valence-corrected chi connectivity index (χ0v) is 5.75. The van der Waals surface area contributed by atoms with E-state index in [0.717, 1.165) is 0 Å². The van der Waals surface area contributed by atoms with Gasteiger partial charge in [-0.3, -0.25) is 4.57 Å². The Morgan fingerprint density at radius 2 is 2.22 bits per heavy atom. The molecule has 0 radical (unpaired) electrons. The lowest BCUT2D eigenvalue weighted by Gasteiger charge is -2.03. The van der Waals surface area contributed by atoms with Crippen LogP contribution >= 0.6 is 7.60 Å². The first kappa shape index (κ1) is 9.07. The number of hydrogen-bond donors (Lipinski definition) is 3. The molecule has 0 aromatic heterocycles. The topological polar surface area (TPSA) is 92.8 Å². The van der Waals surface area contributed by atoms with Crippen LogP contribution in [0.2, 0.25) is 0 Å². The molecule has 0 heterocycles. The second kappa shape index (κ2) is 3.98. The first-order valence-corrected chi connectivity index (χ1v) is 4.23. The van der Waals surface area contributed by atoms with Gasteiger partial charge in [0, 0.05) is 0 Å². The molecule has 0 aliphatic rings. The van der Waals surface area contributed by atoms with Crippen LogP contribution < -0.4 is 5.73 Å². The van der Waals surface area contributed by atoms with Gasteiger partial charge in [-0.15, -0.1) is 0 Å². The van der Waals surface area contributed by atoms with Crippen molar-refractivity contribution in [2.24, 2.45) is 5.73 Å². The van der Waals surface area contributed by atoms with E-state index in [1.54, 1.807) is 0 Å². The summed E-state index contributed by atoms with van der Waals surface area (Å²) < 4.78 is 13.7. The Labute approximate surface area is 52.9 Å². The molecule has 1 unspecified atom stereocenters. The van der Waals surface area contributed by atoms with Crippen molar-refractivity contribution in [1.29, 1.82) is 0 Å². The Kier molecular flexibility index (Phi) is 4.01. The van der Waals surface area contributed by atoms with Gasteiger partial charge in [0.2, 0.25) is 0 Å². The summed E-state index contributed by atoms with van der Waals surface area (Å²) in [7, 11) is -3.71. The van der Waals surface area contributed by atoms with Gasteiger partial charge < -0.3 is 10.6 Å². The molecule has 0 aromatic rings. The third kappa shape index (κ3) is 4.57. The first-order chi connectivity index (χ1) is 4.12. The van der Waals surface area contributed by atoms with Gasteiger partial charge in [0.1, 0.15) is 0 Å². The van der Waals surface area contributed by atoms with Crippen LogP contribution in [0.1, 0.15) is 6.42 Å². The Hall–Kier alpha value is 0.0700. The molecule has 5 nitrogen and oxygen atoms in total. The van der Waals surface area contributed by atoms with Crippen LogP contribution in [0.4, 0.5) is 0 Å². The Balaban J connectivity index is 3.46. The van der Waals surface area contributed by atoms with E-state index in [1.807, 2.05) is 0 Å². The minimum absolute atomic E-state index is 0.0972. The second-order valence-corrected chi connectivity index (χ2v) is 3.47. The fourth-order valence-electron chi connectivity index (χ4n) is 0.332. The van der Waals surface area contributed by atoms with E-state index in [1.165, 1.54) is 0 Å². The molecule has 0 saturated carbocycles. The molecule has 56 valence electrons. The predicted molar refractivity (Wildman–Crippen MR) is 32.1 cm³/mol. The highest BCUT2D eigenvalue weighted by molar-refractivity contribution is 7.52. The molecule has 9 heavy (non-hydrogen) atoms. The molecule has 1 atom stereocenters. The van der Waals surface area contributed by atoms with Crippen molar-refractivity contribution < 1.29 is 19.4 Å². The predicted octanol–water partition coefficient (Wildman–Crippen LogP) is 0.0102. The first-order valence-electron chi connectivity index (χ1n) is 2.47. The minimum atomic E-state index is -3.71. The molecule has 6 heteroatoms. The fraction of sp³-hybridized carbons (Fsp3) is 1.00. The highest BCUT2D eigenvalue weighted by Gasteiger charge is 2.16. The molecular weight excluding hydrogens is 145 g/mol. The zero-order chi connectivity index (χ0) is 7.33. The standard InChI is InChI=1S/C3H10NO4P/c4-2-1-3-9(6,7)8-5/h5H,1-4H2,(H,6,7). The van der Waals surface area contributed by atoms with E-state index in [-0.39, 0.29) is 6.16 Å². The summed E-state index contributed by atoms with van der Waals surface area (Å²) in [6.45, 7) is 0.313. The van der Waals surface area contributed by atoms with Gasteiger partial charge >= 0.3 is 7.60 Å². The van der Waals surface area contributed by atoms with Gasteiger partial charge in [-0.05, 0) is 13.0 Å². The molecule has 4 N–H and O–H groups in total. The van der Waals surface area contributed by atoms with E-state index in [2.05, 4.69) is 4.67 Å². The zero-order valence-electron chi connectivity index (χ0n) is 4.86. The quantitative estimate of drug-likeness (QED) is 0.302. The summed E-state index contributed by atoms with van der Waals surface area (Å²) >= 11 is 0. The SMILES string of the molecule is NCCCP(=O)(O)OO. The molecule has 0 aliphatic heterocycles. The summed E-state index contributed by atoms with van der Waals surface area (Å²) in [5, 5.41) is 7.77. The van der Waals surface area contributed by atoms with Gasteiger partial charge in [0.25, 0.3) is 0 Å². The molecular formula is C3H10NO4P. The highest BCUT2D eigenvalue weighted by atomic mass is 31.2. The van der Waals surface area contributed by atoms with Crippen molar-refractivity contribution in [2.45, 2.75) is 6.42 Å². The van der Waals surface area contributed by atoms with E-state index < -0.39 is 7.60 Å². The van der Waals surface area contributed by atoms with Crippen LogP contribution in [0.25, 0.3) is 0 Å². The molecule has 0 rings (SSSR count). The van der Waals surface area contributed by atoms with Crippen molar-refractivity contribution >= 4 is 7.60 Å². The van der Waals surface area contributed by atoms with Gasteiger partial charge in [-0.1, -0.05) is 0 Å². The molecule has 0 fully saturated rings. The summed E-state index contributed by atoms with van der Waals surface area (Å²) in [4.78, 5) is 8.48. The van der Waals surface area contributed by atoms with Crippen molar-refractivity contribution in [3.05, 3.63) is 0 Å². The van der Waals surface area contributed by atoms with Crippen LogP contribution in [0, 0.1) is 0 Å². The molecule has 0 aromatic carbocycles. The Bertz CT molecular complexity index is 116. The maximum Gasteiger partial charge on any atom is 0.355 e. The molecule has 0 saturated heterocycles. The summed E-state index contributed by atoms with van der Waals surface area (Å²) in [6.07, 6.45) is 0.272. The van der Waals surface area contributed by atoms with E-state index in [4.69, 9.17) is 15.9 Å². The van der Waals surface area contributed by atoms with E-state index in [9.17, 15) is 4.57 Å². The molecule has 0 amide bonds. The van der Waals surface area contributed by atoms with Crippen LogP contribution in [0.15, 0.2) is 0 Å². The maximum absolute atomic E-state index is 10.4. The smallest absolute Gasteiger partial charge is 0.330 e. The van der Waals surface area contributed by atoms with Gasteiger partial charge in [-0.2, -0.15) is 4.67 Å². The lowest BCUT2D eigenvalue weighted by atomic mass is 10.5. The minimum Gasteiger partial charge on any atom is -0.330 e. The average Bonchev–Trinajstić information content (AvgIpc) is 1.84. The lowest BCUT2D eigenvalue weighted by Crippen LogP contribution is -2.02. The molecule has 0 spiro atoms. The van der Waals surface area contributed by atoms with Crippen molar-refractivity contribution in [3.63, 3.8) is 0 Å². The van der Waals surface area contributed by atoms with Gasteiger partial charge in [-0.25, -0.2) is 5.26 Å². The maximum atomic E-state index is 10.4. The largest absolute Gasteiger partial charge is 0.355 e. The van der Waals surface area contributed by atoms with Crippen LogP contribution in [-0.4, -0.2) is 22.9 Å². The van der Waals surface area contributed by atoms with Crippen LogP contribution in [0.5, 0.6) is 0 Å². The van der Waals surface area contributed by atoms with Crippen LogP contribution in [-0.2, 0) is 9.24 Å². The monoisotopic (exact) mass is 155 g/mol. The summed E-state index contributed by atoms with van der Waals surface area (Å²) in [5.41, 5.74) is 5.02. The van der Waals surface area contributed by atoms with Crippen LogP contribution in [0.3, 0.4) is 0 Å². The van der Waals surface area contributed by atoms with Crippen molar-refractivity contribution in [2.75, 3.05) is 12.7 Å². The number of hydrogen-bond acceptors (Lipinski definition) is 4. The number of nitrogens with two attached hydrogens (primary N) is 1. The summed E-state index contributed by atoms with van der Waals surface area (Å²) in [6, 6.07) is 0. The Morgan fingerprint density at radius 1 is 1.67 bits per heavy atom. The van der Waals surface area contributed by atoms with E-state index in [0.29, 0.717) is 13.0 Å². The molecule has 0 aliphatic carbocycles. The molecule has 0 bridgehead atoms. The highest BCUT2D eigenvalue weighted by Crippen LogP contribution is 2.40. The fourth-order valence-corrected chi connectivity index (χ4v) is 0.996. The Morgan fingerprint density at radius 3 is 2.56 bits per heavy atom. The van der Waals surface area contributed by atoms with Gasteiger partial charge in [0.15, 0.2) is 0 Å². The lowest BCUT2D eigenvalue weighted by molar-refractivity contribution is -0.145. The third-order valence-electron chi connectivity index (χ3n) is 0.772. The average molecular weight is 155 g/mol. The number of rotatable bonds is 4. The summed E-state index contributed by atoms with van der Waals surface area (Å²) in [5.74, 6) is 0. The van der Waals surface area contributed by atoms with Gasteiger partial charge in [0.05, 0.1) is 6.16 Å². The third-order valence-corrected chi connectivity index (χ3v) is 1.91. The van der Waals surface area contributed by atoms with Crippen molar-refractivity contribution in [1.82, 2.24) is 0 Å². The normalized spacial score (nSPS) is 17.2. The van der Waals surface area contributed by atoms with E-state index >= 15 is 0 Å².